The van der Waals surface area contributed by atoms with Crippen LogP contribution in [0.1, 0.15) is 19.3 Å². The summed E-state index contributed by atoms with van der Waals surface area (Å²) < 4.78 is 5.28. The Morgan fingerprint density at radius 1 is 1.40 bits per heavy atom. The molecule has 0 unspecified atom stereocenters. The van der Waals surface area contributed by atoms with Gasteiger partial charge in [-0.25, -0.2) is 4.79 Å². The highest BCUT2D eigenvalue weighted by atomic mass is 16.5. The molecule has 1 heterocycles. The van der Waals surface area contributed by atoms with E-state index in [9.17, 15) is 14.4 Å². The first-order chi connectivity index (χ1) is 7.08. The third-order valence-electron chi connectivity index (χ3n) is 3.05. The van der Waals surface area contributed by atoms with Crippen LogP contribution in [0.15, 0.2) is 0 Å². The summed E-state index contributed by atoms with van der Waals surface area (Å²) in [6, 6.07) is -0.645. The van der Waals surface area contributed by atoms with Crippen molar-refractivity contribution in [2.75, 3.05) is 13.7 Å². The van der Waals surface area contributed by atoms with Crippen LogP contribution in [0.2, 0.25) is 0 Å². The molecule has 0 spiro atoms. The zero-order chi connectivity index (χ0) is 11.1. The molecule has 0 aromatic rings. The minimum absolute atomic E-state index is 0.167. The van der Waals surface area contributed by atoms with Gasteiger partial charge in [-0.1, -0.05) is 0 Å². The molecule has 1 aliphatic carbocycles. The Kier molecular flexibility index (Phi) is 2.22. The molecule has 1 saturated carbocycles. The highest BCUT2D eigenvalue weighted by molar-refractivity contribution is 6.44. The van der Waals surface area contributed by atoms with Crippen LogP contribution in [-0.4, -0.2) is 42.0 Å². The fraction of sp³-hybridized carbons (Fsp3) is 0.667. The van der Waals surface area contributed by atoms with E-state index in [2.05, 4.69) is 0 Å². The number of hydrogen-bond acceptors (Lipinski definition) is 4. The SMILES string of the molecule is COC1(CN2C(=O)NC(=O)C2=O)CCC1. The van der Waals surface area contributed by atoms with E-state index in [1.807, 2.05) is 5.32 Å². The van der Waals surface area contributed by atoms with Gasteiger partial charge in [0.2, 0.25) is 0 Å². The van der Waals surface area contributed by atoms with E-state index in [1.165, 1.54) is 0 Å². The predicted octanol–water partition coefficient (Wildman–Crippen LogP) is -0.366. The van der Waals surface area contributed by atoms with Gasteiger partial charge in [0.05, 0.1) is 12.1 Å². The normalized spacial score (nSPS) is 24.1. The summed E-state index contributed by atoms with van der Waals surface area (Å²) in [4.78, 5) is 34.4. The number of ether oxygens (including phenoxy) is 1. The Morgan fingerprint density at radius 3 is 2.40 bits per heavy atom. The highest BCUT2D eigenvalue weighted by Gasteiger charge is 2.45. The maximum Gasteiger partial charge on any atom is 0.331 e. The number of urea groups is 1. The monoisotopic (exact) mass is 212 g/mol. The fourth-order valence-corrected chi connectivity index (χ4v) is 1.86. The van der Waals surface area contributed by atoms with Gasteiger partial charge < -0.3 is 4.74 Å². The Labute approximate surface area is 86.6 Å². The Morgan fingerprint density at radius 2 is 2.07 bits per heavy atom. The molecule has 2 rings (SSSR count). The molecular formula is C9H12N2O4. The number of methoxy groups -OCH3 is 1. The second-order valence-electron chi connectivity index (χ2n) is 3.89. The lowest BCUT2D eigenvalue weighted by atomic mass is 9.79. The first-order valence-corrected chi connectivity index (χ1v) is 4.80. The summed E-state index contributed by atoms with van der Waals surface area (Å²) in [5.41, 5.74) is -0.433. The van der Waals surface area contributed by atoms with Gasteiger partial charge >= 0.3 is 17.8 Å². The zero-order valence-electron chi connectivity index (χ0n) is 8.41. The standard InChI is InChI=1S/C9H12N2O4/c1-15-9(3-2-4-9)5-11-7(13)6(12)10-8(11)14/h2-5H2,1H3,(H,10,12,14). The van der Waals surface area contributed by atoms with E-state index in [1.54, 1.807) is 7.11 Å². The molecule has 0 bridgehead atoms. The van der Waals surface area contributed by atoms with Crippen molar-refractivity contribution < 1.29 is 19.1 Å². The lowest BCUT2D eigenvalue weighted by Crippen LogP contribution is -2.51. The summed E-state index contributed by atoms with van der Waals surface area (Å²) in [7, 11) is 1.55. The largest absolute Gasteiger partial charge is 0.376 e. The summed E-state index contributed by atoms with van der Waals surface area (Å²) in [6.45, 7) is 0.167. The maximum atomic E-state index is 11.3. The van der Waals surface area contributed by atoms with Crippen LogP contribution < -0.4 is 5.32 Å². The number of rotatable bonds is 3. The van der Waals surface area contributed by atoms with E-state index >= 15 is 0 Å². The molecule has 1 aliphatic heterocycles. The summed E-state index contributed by atoms with van der Waals surface area (Å²) in [5, 5.41) is 1.95. The van der Waals surface area contributed by atoms with Crippen molar-refractivity contribution in [3.8, 4) is 0 Å². The zero-order valence-corrected chi connectivity index (χ0v) is 8.41. The van der Waals surface area contributed by atoms with Gasteiger partial charge in [-0.2, -0.15) is 0 Å². The van der Waals surface area contributed by atoms with Crippen molar-refractivity contribution in [3.63, 3.8) is 0 Å². The molecule has 15 heavy (non-hydrogen) atoms. The number of imide groups is 2. The Bertz CT molecular complexity index is 329. The lowest BCUT2D eigenvalue weighted by molar-refractivity contribution is -0.144. The van der Waals surface area contributed by atoms with Gasteiger partial charge in [0.1, 0.15) is 0 Å². The van der Waals surface area contributed by atoms with Gasteiger partial charge in [0.25, 0.3) is 0 Å². The molecule has 82 valence electrons. The minimum Gasteiger partial charge on any atom is -0.376 e. The number of carbonyl (C=O) groups excluding carboxylic acids is 3. The molecule has 0 aromatic heterocycles. The van der Waals surface area contributed by atoms with Crippen molar-refractivity contribution in [2.24, 2.45) is 0 Å². The molecule has 2 aliphatic rings. The molecule has 1 N–H and O–H groups in total. The maximum absolute atomic E-state index is 11.3. The molecule has 0 aromatic carbocycles. The molecule has 0 atom stereocenters. The highest BCUT2D eigenvalue weighted by Crippen LogP contribution is 2.36. The number of hydrogen-bond donors (Lipinski definition) is 1. The number of carbonyl (C=O) groups is 3. The molecule has 1 saturated heterocycles. The first-order valence-electron chi connectivity index (χ1n) is 4.80. The Balaban J connectivity index is 2.08. The molecule has 2 fully saturated rings. The van der Waals surface area contributed by atoms with Crippen molar-refractivity contribution in [3.05, 3.63) is 0 Å². The van der Waals surface area contributed by atoms with Crippen LogP contribution in [0.5, 0.6) is 0 Å². The van der Waals surface area contributed by atoms with Gasteiger partial charge in [0, 0.05) is 7.11 Å². The van der Waals surface area contributed by atoms with E-state index in [4.69, 9.17) is 4.74 Å². The second-order valence-corrected chi connectivity index (χ2v) is 3.89. The first kappa shape index (κ1) is 10.1. The van der Waals surface area contributed by atoms with Crippen molar-refractivity contribution in [1.29, 1.82) is 0 Å². The van der Waals surface area contributed by atoms with E-state index in [0.717, 1.165) is 24.2 Å². The van der Waals surface area contributed by atoms with Crippen LogP contribution in [-0.2, 0) is 14.3 Å². The van der Waals surface area contributed by atoms with E-state index in [0.29, 0.717) is 0 Å². The Hall–Kier alpha value is -1.43. The summed E-state index contributed by atoms with van der Waals surface area (Å²) >= 11 is 0. The van der Waals surface area contributed by atoms with Crippen molar-refractivity contribution in [2.45, 2.75) is 24.9 Å². The number of nitrogens with zero attached hydrogens (tertiary/aromatic N) is 1. The van der Waals surface area contributed by atoms with Crippen molar-refractivity contribution in [1.82, 2.24) is 10.2 Å². The summed E-state index contributed by atoms with van der Waals surface area (Å²) in [6.07, 6.45) is 2.65. The van der Waals surface area contributed by atoms with E-state index in [-0.39, 0.29) is 6.54 Å². The molecular weight excluding hydrogens is 200 g/mol. The average Bonchev–Trinajstić information content (AvgIpc) is 2.37. The van der Waals surface area contributed by atoms with Crippen LogP contribution in [0.25, 0.3) is 0 Å². The van der Waals surface area contributed by atoms with Gasteiger partial charge in [-0.05, 0) is 19.3 Å². The van der Waals surface area contributed by atoms with Crippen LogP contribution in [0, 0.1) is 0 Å². The second kappa shape index (κ2) is 3.30. The van der Waals surface area contributed by atoms with E-state index < -0.39 is 23.4 Å². The van der Waals surface area contributed by atoms with Gasteiger partial charge in [-0.15, -0.1) is 0 Å². The quantitative estimate of drug-likeness (QED) is 0.511. The molecule has 6 nitrogen and oxygen atoms in total. The van der Waals surface area contributed by atoms with Gasteiger partial charge in [0.15, 0.2) is 0 Å². The topological polar surface area (TPSA) is 75.7 Å². The molecule has 6 heteroatoms. The minimum atomic E-state index is -0.856. The smallest absolute Gasteiger partial charge is 0.331 e. The third-order valence-corrected chi connectivity index (χ3v) is 3.05. The van der Waals surface area contributed by atoms with Crippen LogP contribution in [0.3, 0.4) is 0 Å². The third kappa shape index (κ3) is 1.50. The summed E-state index contributed by atoms with van der Waals surface area (Å²) in [5.74, 6) is -1.64. The molecule has 0 radical (unpaired) electrons. The van der Waals surface area contributed by atoms with Gasteiger partial charge in [-0.3, -0.25) is 19.8 Å². The molecule has 4 amide bonds. The lowest BCUT2D eigenvalue weighted by Gasteiger charge is -2.41. The van der Waals surface area contributed by atoms with Crippen LogP contribution in [0.4, 0.5) is 4.79 Å². The average molecular weight is 212 g/mol. The van der Waals surface area contributed by atoms with Crippen LogP contribution >= 0.6 is 0 Å². The number of nitrogens with one attached hydrogen (secondary N) is 1. The van der Waals surface area contributed by atoms with Crippen molar-refractivity contribution >= 4 is 17.8 Å². The number of amides is 4. The fourth-order valence-electron chi connectivity index (χ4n) is 1.86. The predicted molar refractivity (Wildman–Crippen MR) is 48.8 cm³/mol.